The van der Waals surface area contributed by atoms with Crippen LogP contribution in [0.15, 0.2) is 158 Å². The number of benzene rings is 4. The Hall–Kier alpha value is -6.52. The number of fused-ring (bicyclic) bond motifs is 8. The lowest BCUT2D eigenvalue weighted by Gasteiger charge is -2.14. The van der Waals surface area contributed by atoms with Crippen LogP contribution in [0.3, 0.4) is 0 Å². The Morgan fingerprint density at radius 3 is 0.827 bits per heavy atom. The van der Waals surface area contributed by atoms with Crippen LogP contribution in [-0.4, -0.2) is 19.9 Å². The standard InChI is InChI=1S/C48H40N4/c1-3-35-36(4-2)48-46(34-23-15-8-16-24-34)42-30-28-40(51-42)44(32-19-11-6-12-20-32)38-26-25-37(49-38)43(31-17-9-5-10-18-31)39-27-29-41(50-39)45(47(35)52-48)33-21-13-7-14-22-33/h5-30,49-52H,3-4H2,1-2H3/q+4. The van der Waals surface area contributed by atoms with Crippen molar-refractivity contribution in [2.45, 2.75) is 26.7 Å². The van der Waals surface area contributed by atoms with Gasteiger partial charge < -0.3 is 19.9 Å². The highest BCUT2D eigenvalue weighted by Crippen LogP contribution is 2.43. The molecule has 0 amide bonds. The van der Waals surface area contributed by atoms with Crippen LogP contribution >= 0.6 is 0 Å². The van der Waals surface area contributed by atoms with Crippen molar-refractivity contribution >= 4 is 0 Å². The zero-order valence-corrected chi connectivity index (χ0v) is 29.4. The first-order chi connectivity index (χ1) is 25.7. The van der Waals surface area contributed by atoms with Gasteiger partial charge in [-0.05, 0) is 72.8 Å². The summed E-state index contributed by atoms with van der Waals surface area (Å²) in [6.45, 7) is 4.56. The zero-order chi connectivity index (χ0) is 35.0. The summed E-state index contributed by atoms with van der Waals surface area (Å²) in [5.74, 6) is 4.56. The largest absolute Gasteiger partial charge is 0.327 e. The summed E-state index contributed by atoms with van der Waals surface area (Å²) >= 11 is 0. The van der Waals surface area contributed by atoms with Crippen molar-refractivity contribution in [1.29, 1.82) is 0 Å². The Morgan fingerprint density at radius 2 is 0.558 bits per heavy atom. The highest BCUT2D eigenvalue weighted by molar-refractivity contribution is 5.66. The molecule has 9 rings (SSSR count). The van der Waals surface area contributed by atoms with E-state index in [0.717, 1.165) is 104 Å². The van der Waals surface area contributed by atoms with Gasteiger partial charge in [-0.3, -0.25) is 0 Å². The fourth-order valence-electron chi connectivity index (χ4n) is 8.05. The molecule has 0 radical (unpaired) electrons. The number of H-pyrrole nitrogens is 4. The summed E-state index contributed by atoms with van der Waals surface area (Å²) in [5.41, 5.74) is 15.9. The number of aromatic amines is 4. The minimum absolute atomic E-state index is 0.898. The van der Waals surface area contributed by atoms with Gasteiger partial charge in [0.05, 0.1) is 69.8 Å². The van der Waals surface area contributed by atoms with Crippen LogP contribution in [0.25, 0.3) is 0 Å². The van der Waals surface area contributed by atoms with Gasteiger partial charge in [-0.15, -0.1) is 0 Å². The van der Waals surface area contributed by atoms with Gasteiger partial charge in [0.25, 0.3) is 0 Å². The molecule has 0 fully saturated rings. The number of hydrogen-bond donors (Lipinski definition) is 4. The van der Waals surface area contributed by atoms with Gasteiger partial charge >= 0.3 is 0 Å². The Bertz CT molecular complexity index is 2230. The number of rotatable bonds is 6. The van der Waals surface area contributed by atoms with E-state index in [4.69, 9.17) is 0 Å². The lowest BCUT2D eigenvalue weighted by Crippen LogP contribution is -2.12. The van der Waals surface area contributed by atoms with Crippen molar-refractivity contribution in [2.24, 2.45) is 0 Å². The van der Waals surface area contributed by atoms with Gasteiger partial charge in [0, 0.05) is 61.4 Å². The Labute approximate surface area is 306 Å². The van der Waals surface area contributed by atoms with Crippen LogP contribution in [-0.2, 0) is 12.8 Å². The predicted molar refractivity (Wildman–Crippen MR) is 210 cm³/mol. The molecule has 8 bridgehead atoms. The van der Waals surface area contributed by atoms with Crippen LogP contribution in [0.1, 0.15) is 92.8 Å². The summed E-state index contributed by atoms with van der Waals surface area (Å²) in [5, 5.41) is 0. The average Bonchev–Trinajstić information content (AvgIpc) is 4.03. The number of aromatic nitrogens is 4. The minimum Gasteiger partial charge on any atom is -0.327 e. The van der Waals surface area contributed by atoms with E-state index in [1.807, 2.05) is 0 Å². The Kier molecular flexibility index (Phi) is 8.05. The predicted octanol–water partition coefficient (Wildman–Crippen LogP) is 10.5. The molecule has 0 unspecified atom stereocenters. The fourth-order valence-corrected chi connectivity index (χ4v) is 8.05. The van der Waals surface area contributed by atoms with Crippen molar-refractivity contribution < 1.29 is 0 Å². The maximum absolute atomic E-state index is 4.08. The van der Waals surface area contributed by atoms with E-state index in [0.29, 0.717) is 0 Å². The van der Waals surface area contributed by atoms with Gasteiger partial charge in [-0.2, -0.15) is 0 Å². The average molecular weight is 673 g/mol. The molecule has 4 N–H and O–H groups in total. The molecule has 5 heterocycles. The van der Waals surface area contributed by atoms with E-state index in [1.165, 1.54) is 11.1 Å². The molecule has 4 nitrogen and oxygen atoms in total. The SMILES string of the molecule is CCc1c2[nH]c(c1CC)[C+](c1ccccc1)c1ccc([nH]1)[C+](c1ccccc1)c1ccc([nH]1)[C+](c1ccccc1)c1ccc([nH]1)[C+]2c1ccccc1. The van der Waals surface area contributed by atoms with Gasteiger partial charge in [-0.1, -0.05) is 13.8 Å². The molecule has 1 aliphatic rings. The van der Waals surface area contributed by atoms with E-state index >= 15 is 0 Å². The van der Waals surface area contributed by atoms with Crippen molar-refractivity contribution in [2.75, 3.05) is 0 Å². The van der Waals surface area contributed by atoms with E-state index in [1.54, 1.807) is 0 Å². The second-order valence-electron chi connectivity index (χ2n) is 13.4. The third-order valence-corrected chi connectivity index (χ3v) is 10.3. The van der Waals surface area contributed by atoms with Crippen molar-refractivity contribution in [3.63, 3.8) is 0 Å². The minimum atomic E-state index is 0.898. The maximum Gasteiger partial charge on any atom is 0.130 e. The highest BCUT2D eigenvalue weighted by Gasteiger charge is 2.40. The molecule has 0 atom stereocenters. The summed E-state index contributed by atoms with van der Waals surface area (Å²) in [7, 11) is 0. The topological polar surface area (TPSA) is 63.2 Å². The normalized spacial score (nSPS) is 12.8. The van der Waals surface area contributed by atoms with E-state index < -0.39 is 0 Å². The van der Waals surface area contributed by atoms with Crippen LogP contribution in [0.4, 0.5) is 0 Å². The van der Waals surface area contributed by atoms with Crippen LogP contribution < -0.4 is 0 Å². The Balaban J connectivity index is 1.35. The van der Waals surface area contributed by atoms with Crippen LogP contribution in [0.5, 0.6) is 0 Å². The van der Waals surface area contributed by atoms with Gasteiger partial charge in [0.1, 0.15) is 69.2 Å². The molecule has 0 saturated heterocycles. The summed E-state index contributed by atoms with van der Waals surface area (Å²) in [6.07, 6.45) is 1.80. The molecule has 0 spiro atoms. The van der Waals surface area contributed by atoms with Gasteiger partial charge in [0.15, 0.2) is 0 Å². The summed E-state index contributed by atoms with van der Waals surface area (Å²) in [4.78, 5) is 15.8. The van der Waals surface area contributed by atoms with Gasteiger partial charge in [0.2, 0.25) is 0 Å². The van der Waals surface area contributed by atoms with Crippen molar-refractivity contribution in [3.05, 3.63) is 260 Å². The van der Waals surface area contributed by atoms with E-state index in [2.05, 4.69) is 192 Å². The first-order valence-electron chi connectivity index (χ1n) is 18.2. The lowest BCUT2D eigenvalue weighted by molar-refractivity contribution is 0.995. The maximum atomic E-state index is 4.08. The van der Waals surface area contributed by atoms with Crippen LogP contribution in [0, 0.1) is 23.7 Å². The Morgan fingerprint density at radius 1 is 0.308 bits per heavy atom. The monoisotopic (exact) mass is 672 g/mol. The molecule has 0 saturated carbocycles. The third kappa shape index (κ3) is 5.41. The third-order valence-electron chi connectivity index (χ3n) is 10.3. The van der Waals surface area contributed by atoms with E-state index in [-0.39, 0.29) is 0 Å². The van der Waals surface area contributed by atoms with Crippen LogP contribution in [0.2, 0.25) is 0 Å². The molecule has 1 aliphatic heterocycles. The van der Waals surface area contributed by atoms with Crippen molar-refractivity contribution in [1.82, 2.24) is 19.9 Å². The smallest absolute Gasteiger partial charge is 0.130 e. The number of hydrogen-bond acceptors (Lipinski definition) is 0. The first kappa shape index (κ1) is 31.5. The lowest BCUT2D eigenvalue weighted by atomic mass is 9.86. The summed E-state index contributed by atoms with van der Waals surface area (Å²) in [6, 6.07) is 56.3. The molecule has 4 heteroatoms. The van der Waals surface area contributed by atoms with Gasteiger partial charge in [-0.25, -0.2) is 0 Å². The highest BCUT2D eigenvalue weighted by atomic mass is 14.9. The number of nitrogens with one attached hydrogen (secondary N) is 4. The summed E-state index contributed by atoms with van der Waals surface area (Å²) < 4.78 is 0. The first-order valence-corrected chi connectivity index (χ1v) is 18.2. The molecule has 4 aromatic heterocycles. The second-order valence-corrected chi connectivity index (χ2v) is 13.4. The van der Waals surface area contributed by atoms with Crippen molar-refractivity contribution in [3.8, 4) is 0 Å². The second kappa shape index (κ2) is 13.3. The zero-order valence-electron chi connectivity index (χ0n) is 29.4. The molecular formula is C48H40N4+4. The quantitative estimate of drug-likeness (QED) is 0.127. The molecular weight excluding hydrogens is 633 g/mol. The molecule has 52 heavy (non-hydrogen) atoms. The fraction of sp³-hybridized carbons (Fsp3) is 0.0833. The molecule has 248 valence electrons. The molecule has 4 aromatic carbocycles. The molecule has 0 aliphatic carbocycles. The van der Waals surface area contributed by atoms with E-state index in [9.17, 15) is 0 Å². The molecule has 8 aromatic rings.